The number of amides is 1. The van der Waals surface area contributed by atoms with Gasteiger partial charge in [-0.15, -0.1) is 11.3 Å². The summed E-state index contributed by atoms with van der Waals surface area (Å²) in [6.07, 6.45) is 0. The van der Waals surface area contributed by atoms with E-state index in [0.29, 0.717) is 20.5 Å². The predicted molar refractivity (Wildman–Crippen MR) is 124 cm³/mol. The molecule has 0 saturated carbocycles. The fourth-order valence-corrected chi connectivity index (χ4v) is 5.46. The van der Waals surface area contributed by atoms with Gasteiger partial charge in [-0.1, -0.05) is 53.4 Å². The highest BCUT2D eigenvalue weighted by molar-refractivity contribution is 7.99. The molecule has 0 aliphatic rings. The Balaban J connectivity index is 1.42. The van der Waals surface area contributed by atoms with Gasteiger partial charge in [0, 0.05) is 0 Å². The Bertz CT molecular complexity index is 1390. The molecule has 3 heterocycles. The van der Waals surface area contributed by atoms with Crippen LogP contribution in [0.4, 0.5) is 5.13 Å². The van der Waals surface area contributed by atoms with Crippen molar-refractivity contribution in [3.63, 3.8) is 0 Å². The van der Waals surface area contributed by atoms with Crippen molar-refractivity contribution >= 4 is 65.9 Å². The maximum Gasteiger partial charge on any atom is 0.276 e. The van der Waals surface area contributed by atoms with E-state index in [2.05, 4.69) is 15.3 Å². The van der Waals surface area contributed by atoms with Gasteiger partial charge >= 0.3 is 0 Å². The van der Waals surface area contributed by atoms with Gasteiger partial charge in [0.25, 0.3) is 5.56 Å². The molecule has 1 amide bonds. The quantitative estimate of drug-likeness (QED) is 0.308. The zero-order chi connectivity index (χ0) is 20.5. The molecular formula is C21H14N4O2S3. The summed E-state index contributed by atoms with van der Waals surface area (Å²) < 4.78 is 3.18. The Morgan fingerprint density at radius 3 is 2.63 bits per heavy atom. The van der Waals surface area contributed by atoms with Crippen molar-refractivity contribution in [3.8, 4) is 5.69 Å². The molecule has 0 bridgehead atoms. The first-order valence-corrected chi connectivity index (χ1v) is 11.7. The zero-order valence-electron chi connectivity index (χ0n) is 15.4. The standard InChI is InChI=1S/C21H14N4O2S3/c26-17(24-20-22-14-8-4-5-9-16(14)30-20)12-29-21-23-15-10-11-28-18(15)19(27)25(21)13-6-2-1-3-7-13/h1-11H,12H2,(H,22,24,26). The van der Waals surface area contributed by atoms with E-state index in [1.54, 1.807) is 4.57 Å². The highest BCUT2D eigenvalue weighted by Gasteiger charge is 2.16. The van der Waals surface area contributed by atoms with Crippen molar-refractivity contribution < 1.29 is 4.79 Å². The van der Waals surface area contributed by atoms with Gasteiger partial charge in [-0.05, 0) is 35.7 Å². The summed E-state index contributed by atoms with van der Waals surface area (Å²) in [5.41, 5.74) is 2.09. The monoisotopic (exact) mass is 450 g/mol. The third-order valence-electron chi connectivity index (χ3n) is 4.34. The second-order valence-corrected chi connectivity index (χ2v) is 9.22. The molecule has 0 unspecified atom stereocenters. The van der Waals surface area contributed by atoms with Gasteiger partial charge in [-0.25, -0.2) is 9.97 Å². The first kappa shape index (κ1) is 19.0. The Hall–Kier alpha value is -3.01. The Kier molecular flexibility index (Phi) is 5.07. The maximum atomic E-state index is 13.1. The summed E-state index contributed by atoms with van der Waals surface area (Å²) in [4.78, 5) is 34.6. The smallest absolute Gasteiger partial charge is 0.276 e. The number of carbonyl (C=O) groups excluding carboxylic acids is 1. The number of fused-ring (bicyclic) bond motifs is 2. The minimum absolute atomic E-state index is 0.116. The molecule has 0 spiro atoms. The van der Waals surface area contributed by atoms with Crippen molar-refractivity contribution in [3.05, 3.63) is 76.4 Å². The van der Waals surface area contributed by atoms with Crippen LogP contribution < -0.4 is 10.9 Å². The van der Waals surface area contributed by atoms with E-state index in [4.69, 9.17) is 0 Å². The molecule has 3 aromatic heterocycles. The van der Waals surface area contributed by atoms with Crippen LogP contribution in [0.2, 0.25) is 0 Å². The van der Waals surface area contributed by atoms with Gasteiger partial charge in [-0.2, -0.15) is 0 Å². The van der Waals surface area contributed by atoms with E-state index >= 15 is 0 Å². The van der Waals surface area contributed by atoms with Crippen LogP contribution in [0.1, 0.15) is 0 Å². The second-order valence-electron chi connectivity index (χ2n) is 6.33. The van der Waals surface area contributed by atoms with E-state index < -0.39 is 0 Å². The maximum absolute atomic E-state index is 13.1. The molecule has 2 aromatic carbocycles. The Morgan fingerprint density at radius 1 is 1.00 bits per heavy atom. The minimum Gasteiger partial charge on any atom is -0.301 e. The van der Waals surface area contributed by atoms with Crippen LogP contribution in [0.25, 0.3) is 26.1 Å². The highest BCUT2D eigenvalue weighted by atomic mass is 32.2. The zero-order valence-corrected chi connectivity index (χ0v) is 17.9. The largest absolute Gasteiger partial charge is 0.301 e. The lowest BCUT2D eigenvalue weighted by atomic mass is 10.3. The number of nitrogens with zero attached hydrogens (tertiary/aromatic N) is 3. The fourth-order valence-electron chi connectivity index (χ4n) is 3.00. The number of thiazole rings is 1. The SMILES string of the molecule is O=C(CSc1nc2ccsc2c(=O)n1-c1ccccc1)Nc1nc2ccccc2s1. The summed E-state index contributed by atoms with van der Waals surface area (Å²) in [7, 11) is 0. The molecule has 0 aliphatic heterocycles. The summed E-state index contributed by atoms with van der Waals surface area (Å²) in [6.45, 7) is 0. The first-order chi connectivity index (χ1) is 14.7. The average molecular weight is 451 g/mol. The highest BCUT2D eigenvalue weighted by Crippen LogP contribution is 2.27. The summed E-state index contributed by atoms with van der Waals surface area (Å²) in [5.74, 6) is -0.0801. The molecule has 0 radical (unpaired) electrons. The van der Waals surface area contributed by atoms with Crippen LogP contribution in [0.3, 0.4) is 0 Å². The van der Waals surface area contributed by atoms with Gasteiger partial charge in [0.15, 0.2) is 10.3 Å². The average Bonchev–Trinajstić information content (AvgIpc) is 3.39. The van der Waals surface area contributed by atoms with Crippen molar-refractivity contribution in [2.24, 2.45) is 0 Å². The molecule has 0 saturated heterocycles. The third-order valence-corrected chi connectivity index (χ3v) is 7.12. The van der Waals surface area contributed by atoms with Crippen LogP contribution in [0.15, 0.2) is 76.0 Å². The van der Waals surface area contributed by atoms with Gasteiger partial charge in [0.2, 0.25) is 5.91 Å². The number of carbonyl (C=O) groups is 1. The lowest BCUT2D eigenvalue weighted by molar-refractivity contribution is -0.113. The number of thioether (sulfide) groups is 1. The van der Waals surface area contributed by atoms with Crippen molar-refractivity contribution in [2.75, 3.05) is 11.1 Å². The number of nitrogens with one attached hydrogen (secondary N) is 1. The van der Waals surface area contributed by atoms with Crippen molar-refractivity contribution in [1.29, 1.82) is 0 Å². The van der Waals surface area contributed by atoms with E-state index in [9.17, 15) is 9.59 Å². The van der Waals surface area contributed by atoms with Crippen LogP contribution >= 0.6 is 34.4 Å². The lowest BCUT2D eigenvalue weighted by Gasteiger charge is -2.11. The molecule has 5 aromatic rings. The number of hydrogen-bond acceptors (Lipinski definition) is 7. The molecule has 0 aliphatic carbocycles. The van der Waals surface area contributed by atoms with Crippen LogP contribution in [-0.2, 0) is 4.79 Å². The topological polar surface area (TPSA) is 76.9 Å². The van der Waals surface area contributed by atoms with Crippen LogP contribution in [0.5, 0.6) is 0 Å². The molecule has 0 atom stereocenters. The predicted octanol–water partition coefficient (Wildman–Crippen LogP) is 4.79. The molecule has 5 rings (SSSR count). The summed E-state index contributed by atoms with van der Waals surface area (Å²) in [6, 6.07) is 18.9. The number of hydrogen-bond donors (Lipinski definition) is 1. The van der Waals surface area contributed by atoms with E-state index in [-0.39, 0.29) is 17.2 Å². The van der Waals surface area contributed by atoms with Crippen molar-refractivity contribution in [2.45, 2.75) is 5.16 Å². The third kappa shape index (κ3) is 3.62. The van der Waals surface area contributed by atoms with Crippen LogP contribution in [-0.4, -0.2) is 26.2 Å². The molecule has 9 heteroatoms. The first-order valence-electron chi connectivity index (χ1n) is 9.03. The van der Waals surface area contributed by atoms with E-state index in [0.717, 1.165) is 15.9 Å². The Labute approximate surface area is 183 Å². The molecule has 0 fully saturated rings. The van der Waals surface area contributed by atoms with Gasteiger partial charge < -0.3 is 5.32 Å². The lowest BCUT2D eigenvalue weighted by Crippen LogP contribution is -2.22. The molecule has 148 valence electrons. The molecule has 6 nitrogen and oxygen atoms in total. The van der Waals surface area contributed by atoms with Gasteiger partial charge in [0.05, 0.1) is 27.2 Å². The number of rotatable bonds is 5. The minimum atomic E-state index is -0.196. The van der Waals surface area contributed by atoms with Crippen LogP contribution in [0, 0.1) is 0 Å². The fraction of sp³-hybridized carbons (Fsp3) is 0.0476. The number of anilines is 1. The summed E-state index contributed by atoms with van der Waals surface area (Å²) >= 11 is 4.03. The van der Waals surface area contributed by atoms with Gasteiger partial charge in [-0.3, -0.25) is 14.2 Å². The normalized spacial score (nSPS) is 11.2. The molecule has 1 N–H and O–H groups in total. The molecule has 30 heavy (non-hydrogen) atoms. The Morgan fingerprint density at radius 2 is 1.80 bits per heavy atom. The van der Waals surface area contributed by atoms with E-state index in [1.165, 1.54) is 34.4 Å². The number of thiophene rings is 1. The number of benzene rings is 2. The van der Waals surface area contributed by atoms with Crippen molar-refractivity contribution in [1.82, 2.24) is 14.5 Å². The van der Waals surface area contributed by atoms with Gasteiger partial charge in [0.1, 0.15) is 4.70 Å². The molecular weight excluding hydrogens is 436 g/mol. The van der Waals surface area contributed by atoms with E-state index in [1.807, 2.05) is 66.0 Å². The number of para-hydroxylation sites is 2. The summed E-state index contributed by atoms with van der Waals surface area (Å²) in [5, 5.41) is 5.73. The second kappa shape index (κ2) is 8.02. The number of aromatic nitrogens is 3.